The van der Waals surface area contributed by atoms with Gasteiger partial charge in [0.15, 0.2) is 11.6 Å². The maximum absolute atomic E-state index is 5.60. The van der Waals surface area contributed by atoms with Crippen LogP contribution in [0.1, 0.15) is 46.0 Å². The van der Waals surface area contributed by atoms with Crippen LogP contribution >= 0.6 is 0 Å². The van der Waals surface area contributed by atoms with Crippen molar-refractivity contribution < 1.29 is 4.74 Å². The molecule has 18 heavy (non-hydrogen) atoms. The fourth-order valence-electron chi connectivity index (χ4n) is 2.68. The largest absolute Gasteiger partial charge is 0.490 e. The van der Waals surface area contributed by atoms with E-state index in [-0.39, 0.29) is 0 Å². The summed E-state index contributed by atoms with van der Waals surface area (Å²) < 4.78 is 5.60. The molecule has 3 heteroatoms. The molecule has 3 nitrogen and oxygen atoms in total. The van der Waals surface area contributed by atoms with Crippen LogP contribution in [0.2, 0.25) is 0 Å². The van der Waals surface area contributed by atoms with Crippen LogP contribution in [0.5, 0.6) is 5.75 Å². The monoisotopic (exact) mass is 248 g/mol. The van der Waals surface area contributed by atoms with E-state index in [4.69, 9.17) is 4.74 Å². The molecule has 1 aliphatic carbocycles. The normalized spacial score (nSPS) is 23.7. The molecule has 0 radical (unpaired) electrons. The van der Waals surface area contributed by atoms with Crippen molar-refractivity contribution in [3.8, 4) is 5.75 Å². The van der Waals surface area contributed by atoms with E-state index in [2.05, 4.69) is 17.2 Å². The molecule has 1 aliphatic rings. The van der Waals surface area contributed by atoms with Crippen LogP contribution < -0.4 is 10.1 Å². The molecule has 1 saturated carbocycles. The Morgan fingerprint density at radius 1 is 1.28 bits per heavy atom. The van der Waals surface area contributed by atoms with Crippen molar-refractivity contribution in [1.29, 1.82) is 0 Å². The Bertz CT molecular complexity index is 359. The second-order valence-corrected chi connectivity index (χ2v) is 5.05. The van der Waals surface area contributed by atoms with Gasteiger partial charge in [0.1, 0.15) is 0 Å². The molecular weight excluding hydrogens is 224 g/mol. The highest BCUT2D eigenvalue weighted by molar-refractivity contribution is 5.50. The van der Waals surface area contributed by atoms with Crippen LogP contribution in [0.3, 0.4) is 0 Å². The van der Waals surface area contributed by atoms with E-state index in [1.54, 1.807) is 0 Å². The molecule has 1 N–H and O–H groups in total. The molecule has 0 amide bonds. The minimum atomic E-state index is 0.557. The minimum absolute atomic E-state index is 0.557. The number of hydrogen-bond donors (Lipinski definition) is 1. The minimum Gasteiger partial charge on any atom is -0.490 e. The molecule has 2 rings (SSSR count). The van der Waals surface area contributed by atoms with Crippen molar-refractivity contribution in [2.24, 2.45) is 5.92 Å². The first-order chi connectivity index (χ1) is 8.83. The van der Waals surface area contributed by atoms with E-state index in [0.29, 0.717) is 12.6 Å². The van der Waals surface area contributed by atoms with Gasteiger partial charge in [0.05, 0.1) is 6.61 Å². The number of nitrogens with one attached hydrogen (secondary N) is 1. The number of pyridine rings is 1. The van der Waals surface area contributed by atoms with E-state index < -0.39 is 0 Å². The van der Waals surface area contributed by atoms with Crippen molar-refractivity contribution >= 4 is 5.82 Å². The van der Waals surface area contributed by atoms with Crippen LogP contribution in [-0.4, -0.2) is 17.6 Å². The van der Waals surface area contributed by atoms with Crippen LogP contribution in [0.25, 0.3) is 0 Å². The number of ether oxygens (including phenoxy) is 1. The molecule has 0 atom stereocenters. The van der Waals surface area contributed by atoms with Gasteiger partial charge >= 0.3 is 0 Å². The van der Waals surface area contributed by atoms with Crippen LogP contribution in [-0.2, 0) is 0 Å². The smallest absolute Gasteiger partial charge is 0.168 e. The van der Waals surface area contributed by atoms with Gasteiger partial charge in [-0.2, -0.15) is 0 Å². The van der Waals surface area contributed by atoms with Gasteiger partial charge in [-0.15, -0.1) is 0 Å². The lowest BCUT2D eigenvalue weighted by Gasteiger charge is -2.29. The summed E-state index contributed by atoms with van der Waals surface area (Å²) in [5.41, 5.74) is 0. The highest BCUT2D eigenvalue weighted by atomic mass is 16.5. The molecule has 0 spiro atoms. The summed E-state index contributed by atoms with van der Waals surface area (Å²) in [6.45, 7) is 4.98. The zero-order valence-corrected chi connectivity index (χ0v) is 11.5. The second kappa shape index (κ2) is 6.62. The second-order valence-electron chi connectivity index (χ2n) is 5.05. The number of nitrogens with zero attached hydrogens (tertiary/aromatic N) is 1. The number of hydrogen-bond acceptors (Lipinski definition) is 3. The zero-order chi connectivity index (χ0) is 12.8. The molecule has 0 saturated heterocycles. The van der Waals surface area contributed by atoms with Crippen molar-refractivity contribution in [1.82, 2.24) is 4.98 Å². The van der Waals surface area contributed by atoms with E-state index in [1.807, 2.05) is 25.3 Å². The molecule has 0 unspecified atom stereocenters. The number of anilines is 1. The Balaban J connectivity index is 1.93. The van der Waals surface area contributed by atoms with Crippen LogP contribution in [0.15, 0.2) is 18.3 Å². The molecule has 0 aliphatic heterocycles. The van der Waals surface area contributed by atoms with E-state index in [9.17, 15) is 0 Å². The highest BCUT2D eigenvalue weighted by Gasteiger charge is 2.20. The van der Waals surface area contributed by atoms with Crippen molar-refractivity contribution in [2.75, 3.05) is 11.9 Å². The third-order valence-electron chi connectivity index (χ3n) is 3.84. The Kier molecular flexibility index (Phi) is 4.85. The van der Waals surface area contributed by atoms with Crippen molar-refractivity contribution in [3.63, 3.8) is 0 Å². The van der Waals surface area contributed by atoms with E-state index in [1.165, 1.54) is 32.1 Å². The molecule has 1 aromatic rings. The summed E-state index contributed by atoms with van der Waals surface area (Å²) in [6.07, 6.45) is 8.32. The Morgan fingerprint density at radius 2 is 2.06 bits per heavy atom. The average molecular weight is 248 g/mol. The highest BCUT2D eigenvalue weighted by Crippen LogP contribution is 2.30. The number of rotatable bonds is 5. The summed E-state index contributed by atoms with van der Waals surface area (Å²) in [7, 11) is 0. The third kappa shape index (κ3) is 3.37. The summed E-state index contributed by atoms with van der Waals surface area (Å²) in [4.78, 5) is 4.39. The fraction of sp³-hybridized carbons (Fsp3) is 0.667. The van der Waals surface area contributed by atoms with E-state index in [0.717, 1.165) is 17.5 Å². The first kappa shape index (κ1) is 13.2. The predicted molar refractivity (Wildman–Crippen MR) is 75.1 cm³/mol. The molecular formula is C15H24N2O. The molecule has 100 valence electrons. The lowest BCUT2D eigenvalue weighted by molar-refractivity contribution is 0.324. The number of aromatic nitrogens is 1. The van der Waals surface area contributed by atoms with Gasteiger partial charge < -0.3 is 10.1 Å². The summed E-state index contributed by atoms with van der Waals surface area (Å²) >= 11 is 0. The summed E-state index contributed by atoms with van der Waals surface area (Å²) in [6, 6.07) is 4.46. The SMILES string of the molecule is CCOc1cccnc1NC1CCC(CC)CC1. The zero-order valence-electron chi connectivity index (χ0n) is 11.5. The molecule has 1 fully saturated rings. The van der Waals surface area contributed by atoms with Crippen LogP contribution in [0, 0.1) is 5.92 Å². The third-order valence-corrected chi connectivity index (χ3v) is 3.84. The van der Waals surface area contributed by atoms with Crippen molar-refractivity contribution in [2.45, 2.75) is 52.0 Å². The van der Waals surface area contributed by atoms with Gasteiger partial charge in [-0.3, -0.25) is 0 Å². The first-order valence-corrected chi connectivity index (χ1v) is 7.17. The Morgan fingerprint density at radius 3 is 2.72 bits per heavy atom. The van der Waals surface area contributed by atoms with Crippen molar-refractivity contribution in [3.05, 3.63) is 18.3 Å². The summed E-state index contributed by atoms with van der Waals surface area (Å²) in [5, 5.41) is 3.54. The molecule has 1 aromatic heterocycles. The maximum atomic E-state index is 5.60. The standard InChI is InChI=1S/C15H24N2O/c1-3-12-7-9-13(10-8-12)17-15-14(18-4-2)6-5-11-16-15/h5-6,11-13H,3-4,7-10H2,1-2H3,(H,16,17). The van der Waals surface area contributed by atoms with Gasteiger partial charge in [-0.1, -0.05) is 13.3 Å². The quantitative estimate of drug-likeness (QED) is 0.859. The Labute approximate surface area is 110 Å². The lowest BCUT2D eigenvalue weighted by atomic mass is 9.84. The van der Waals surface area contributed by atoms with Gasteiger partial charge in [-0.05, 0) is 50.7 Å². The Hall–Kier alpha value is -1.25. The molecule has 0 aromatic carbocycles. The molecule has 0 bridgehead atoms. The lowest BCUT2D eigenvalue weighted by Crippen LogP contribution is -2.26. The van der Waals surface area contributed by atoms with Gasteiger partial charge in [0.2, 0.25) is 0 Å². The average Bonchev–Trinajstić information content (AvgIpc) is 2.42. The van der Waals surface area contributed by atoms with Gasteiger partial charge in [0, 0.05) is 12.2 Å². The summed E-state index contributed by atoms with van der Waals surface area (Å²) in [5.74, 6) is 2.70. The topological polar surface area (TPSA) is 34.1 Å². The maximum Gasteiger partial charge on any atom is 0.168 e. The predicted octanol–water partition coefficient (Wildman–Crippen LogP) is 3.86. The molecule has 1 heterocycles. The van der Waals surface area contributed by atoms with Crippen LogP contribution in [0.4, 0.5) is 5.82 Å². The van der Waals surface area contributed by atoms with Gasteiger partial charge in [-0.25, -0.2) is 4.98 Å². The first-order valence-electron chi connectivity index (χ1n) is 7.17. The van der Waals surface area contributed by atoms with E-state index >= 15 is 0 Å². The van der Waals surface area contributed by atoms with Gasteiger partial charge in [0.25, 0.3) is 0 Å². The fourth-order valence-corrected chi connectivity index (χ4v) is 2.68.